The van der Waals surface area contributed by atoms with Gasteiger partial charge in [0.05, 0.1) is 5.92 Å². The van der Waals surface area contributed by atoms with E-state index in [-0.39, 0.29) is 30.8 Å². The Hall–Kier alpha value is -3.15. The van der Waals surface area contributed by atoms with Crippen LogP contribution in [-0.4, -0.2) is 30.9 Å². The third-order valence-electron chi connectivity index (χ3n) is 4.41. The average molecular weight is 367 g/mol. The zero-order valence-electron chi connectivity index (χ0n) is 15.5. The van der Waals surface area contributed by atoms with Crippen LogP contribution in [0.1, 0.15) is 39.9 Å². The Morgan fingerprint density at radius 3 is 2.44 bits per heavy atom. The highest BCUT2D eigenvalue weighted by Crippen LogP contribution is 2.32. The van der Waals surface area contributed by atoms with E-state index in [1.807, 2.05) is 32.0 Å². The van der Waals surface area contributed by atoms with Crippen LogP contribution in [0, 0.1) is 13.8 Å². The molecule has 0 spiro atoms. The lowest BCUT2D eigenvalue weighted by atomic mass is 9.99. The van der Waals surface area contributed by atoms with Crippen molar-refractivity contribution in [3.8, 4) is 5.75 Å². The number of amides is 1. The molecule has 3 rings (SSSR count). The van der Waals surface area contributed by atoms with Crippen LogP contribution in [0.15, 0.2) is 36.4 Å². The molecule has 140 valence electrons. The second kappa shape index (κ2) is 7.61. The van der Waals surface area contributed by atoms with Gasteiger partial charge in [0, 0.05) is 11.3 Å². The number of carbonyl (C=O) groups excluding carboxylic acids is 3. The van der Waals surface area contributed by atoms with E-state index in [2.05, 4.69) is 5.32 Å². The SMILES string of the molecule is Cc1cc(C)cc(OCC(=O)OCC(=O)c2ccc3c(c2)[C@H](C)C(=O)N3)c1. The second-order valence-electron chi connectivity index (χ2n) is 6.71. The molecule has 1 heterocycles. The van der Waals surface area contributed by atoms with Gasteiger partial charge in [-0.2, -0.15) is 0 Å². The number of carbonyl (C=O) groups is 3. The maximum Gasteiger partial charge on any atom is 0.344 e. The van der Waals surface area contributed by atoms with E-state index in [1.54, 1.807) is 25.1 Å². The molecule has 0 aliphatic carbocycles. The van der Waals surface area contributed by atoms with Crippen LogP contribution >= 0.6 is 0 Å². The molecule has 2 aromatic rings. The summed E-state index contributed by atoms with van der Waals surface area (Å²) in [7, 11) is 0. The minimum absolute atomic E-state index is 0.0930. The van der Waals surface area contributed by atoms with Crippen LogP contribution in [0.25, 0.3) is 0 Å². The van der Waals surface area contributed by atoms with Gasteiger partial charge in [-0.15, -0.1) is 0 Å². The fourth-order valence-corrected chi connectivity index (χ4v) is 3.02. The molecule has 6 heteroatoms. The smallest absolute Gasteiger partial charge is 0.344 e. The number of fused-ring (bicyclic) bond motifs is 1. The Morgan fingerprint density at radius 1 is 1.04 bits per heavy atom. The van der Waals surface area contributed by atoms with Gasteiger partial charge in [-0.3, -0.25) is 9.59 Å². The van der Waals surface area contributed by atoms with Crippen LogP contribution in [0.2, 0.25) is 0 Å². The average Bonchev–Trinajstić information content (AvgIpc) is 2.91. The summed E-state index contributed by atoms with van der Waals surface area (Å²) in [5.74, 6) is -0.760. The zero-order chi connectivity index (χ0) is 19.6. The Morgan fingerprint density at radius 2 is 1.74 bits per heavy atom. The molecule has 1 atom stereocenters. The molecule has 0 aromatic heterocycles. The first-order valence-corrected chi connectivity index (χ1v) is 8.68. The molecule has 0 saturated heterocycles. The topological polar surface area (TPSA) is 81.7 Å². The molecule has 1 aliphatic heterocycles. The van der Waals surface area contributed by atoms with Gasteiger partial charge >= 0.3 is 5.97 Å². The van der Waals surface area contributed by atoms with Crippen LogP contribution in [0.5, 0.6) is 5.75 Å². The molecular weight excluding hydrogens is 346 g/mol. The summed E-state index contributed by atoms with van der Waals surface area (Å²) in [4.78, 5) is 35.8. The minimum Gasteiger partial charge on any atom is -0.482 e. The second-order valence-corrected chi connectivity index (χ2v) is 6.71. The number of rotatable bonds is 6. The van der Waals surface area contributed by atoms with Gasteiger partial charge in [0.25, 0.3) is 0 Å². The van der Waals surface area contributed by atoms with E-state index < -0.39 is 5.97 Å². The maximum atomic E-state index is 12.3. The normalized spacial score (nSPS) is 15.1. The summed E-state index contributed by atoms with van der Waals surface area (Å²) in [6, 6.07) is 10.6. The summed E-state index contributed by atoms with van der Waals surface area (Å²) in [5, 5.41) is 2.75. The maximum absolute atomic E-state index is 12.3. The number of esters is 1. The number of ketones is 1. The van der Waals surface area contributed by atoms with Crippen LogP contribution in [-0.2, 0) is 14.3 Å². The fourth-order valence-electron chi connectivity index (χ4n) is 3.02. The summed E-state index contributed by atoms with van der Waals surface area (Å²) in [5.41, 5.74) is 3.96. The molecule has 0 bridgehead atoms. The molecule has 1 aliphatic rings. The number of aryl methyl sites for hydroxylation is 2. The first-order chi connectivity index (χ1) is 12.8. The molecule has 2 aromatic carbocycles. The van der Waals surface area contributed by atoms with E-state index in [0.717, 1.165) is 16.7 Å². The van der Waals surface area contributed by atoms with Crippen molar-refractivity contribution in [3.63, 3.8) is 0 Å². The highest BCUT2D eigenvalue weighted by atomic mass is 16.6. The molecule has 0 unspecified atom stereocenters. The number of ether oxygens (including phenoxy) is 2. The molecular formula is C21H21NO5. The highest BCUT2D eigenvalue weighted by molar-refractivity contribution is 6.05. The molecule has 1 amide bonds. The molecule has 6 nitrogen and oxygen atoms in total. The van der Waals surface area contributed by atoms with Crippen LogP contribution < -0.4 is 10.1 Å². The first-order valence-electron chi connectivity index (χ1n) is 8.68. The molecule has 0 fully saturated rings. The number of anilines is 1. The van der Waals surface area contributed by atoms with Crippen molar-refractivity contribution in [3.05, 3.63) is 58.7 Å². The third kappa shape index (κ3) is 4.34. The summed E-state index contributed by atoms with van der Waals surface area (Å²) in [6.45, 7) is 5.02. The predicted octanol–water partition coefficient (Wildman–Crippen LogP) is 3.16. The number of Topliss-reactive ketones (excluding diaryl/α,β-unsaturated/α-hetero) is 1. The van der Waals surface area contributed by atoms with Gasteiger partial charge in [-0.25, -0.2) is 4.79 Å². The minimum atomic E-state index is -0.617. The monoisotopic (exact) mass is 367 g/mol. The molecule has 27 heavy (non-hydrogen) atoms. The van der Waals surface area contributed by atoms with Crippen molar-refractivity contribution in [2.75, 3.05) is 18.5 Å². The highest BCUT2D eigenvalue weighted by Gasteiger charge is 2.27. The summed E-state index contributed by atoms with van der Waals surface area (Å²) >= 11 is 0. The van der Waals surface area contributed by atoms with Crippen molar-refractivity contribution in [2.24, 2.45) is 0 Å². The van der Waals surface area contributed by atoms with Gasteiger partial charge < -0.3 is 14.8 Å². The molecule has 0 radical (unpaired) electrons. The Kier molecular flexibility index (Phi) is 5.26. The van der Waals surface area contributed by atoms with Crippen molar-refractivity contribution in [1.82, 2.24) is 0 Å². The van der Waals surface area contributed by atoms with E-state index in [1.165, 1.54) is 0 Å². The molecule has 1 N–H and O–H groups in total. The van der Waals surface area contributed by atoms with E-state index in [0.29, 0.717) is 17.0 Å². The van der Waals surface area contributed by atoms with Crippen molar-refractivity contribution >= 4 is 23.3 Å². The van der Waals surface area contributed by atoms with Crippen molar-refractivity contribution in [1.29, 1.82) is 0 Å². The van der Waals surface area contributed by atoms with Gasteiger partial charge in [0.15, 0.2) is 19.0 Å². The Labute approximate surface area is 157 Å². The standard InChI is InChI=1S/C21H21NO5/c1-12-6-13(2)8-16(7-12)26-11-20(24)27-10-19(23)15-4-5-18-17(9-15)14(3)21(25)22-18/h4-9,14H,10-11H2,1-3H3,(H,22,25)/t14-/m0/s1. The Balaban J connectivity index is 1.53. The lowest BCUT2D eigenvalue weighted by Gasteiger charge is -2.09. The van der Waals surface area contributed by atoms with Gasteiger partial charge in [-0.05, 0) is 67.8 Å². The quantitative estimate of drug-likeness (QED) is 0.626. The molecule has 0 saturated carbocycles. The van der Waals surface area contributed by atoms with E-state index >= 15 is 0 Å². The van der Waals surface area contributed by atoms with Crippen molar-refractivity contribution in [2.45, 2.75) is 26.7 Å². The Bertz CT molecular complexity index is 899. The fraction of sp³-hybridized carbons (Fsp3) is 0.286. The number of nitrogens with one attached hydrogen (secondary N) is 1. The lowest BCUT2D eigenvalue weighted by molar-refractivity contribution is -0.144. The van der Waals surface area contributed by atoms with E-state index in [4.69, 9.17) is 9.47 Å². The summed E-state index contributed by atoms with van der Waals surface area (Å²) in [6.07, 6.45) is 0. The van der Waals surface area contributed by atoms with Crippen molar-refractivity contribution < 1.29 is 23.9 Å². The van der Waals surface area contributed by atoms with Gasteiger partial charge in [0.1, 0.15) is 5.75 Å². The van der Waals surface area contributed by atoms with Crippen LogP contribution in [0.3, 0.4) is 0 Å². The first kappa shape index (κ1) is 18.6. The lowest BCUT2D eigenvalue weighted by Crippen LogP contribution is -2.19. The van der Waals surface area contributed by atoms with Gasteiger partial charge in [-0.1, -0.05) is 6.07 Å². The number of hydrogen-bond donors (Lipinski definition) is 1. The number of benzene rings is 2. The number of hydrogen-bond acceptors (Lipinski definition) is 5. The van der Waals surface area contributed by atoms with Crippen LogP contribution in [0.4, 0.5) is 5.69 Å². The third-order valence-corrected chi connectivity index (χ3v) is 4.41. The largest absolute Gasteiger partial charge is 0.482 e. The van der Waals surface area contributed by atoms with Gasteiger partial charge in [0.2, 0.25) is 5.91 Å². The van der Waals surface area contributed by atoms with E-state index in [9.17, 15) is 14.4 Å². The zero-order valence-corrected chi connectivity index (χ0v) is 15.5. The predicted molar refractivity (Wildman–Crippen MR) is 100 cm³/mol. The summed E-state index contributed by atoms with van der Waals surface area (Å²) < 4.78 is 10.4.